The fourth-order valence-electron chi connectivity index (χ4n) is 3.60. The molecule has 2 amide bonds. The average molecular weight is 396 g/mol. The largest absolute Gasteiger partial charge is 0.348 e. The smallest absolute Gasteiger partial charge is 0.254 e. The first-order chi connectivity index (χ1) is 14.0. The molecule has 1 aromatic carbocycles. The zero-order valence-electron chi connectivity index (χ0n) is 17.4. The van der Waals surface area contributed by atoms with Gasteiger partial charge >= 0.3 is 0 Å². The van der Waals surface area contributed by atoms with Crippen LogP contribution in [0.25, 0.3) is 0 Å². The molecule has 0 spiro atoms. The van der Waals surface area contributed by atoms with Crippen LogP contribution in [0.5, 0.6) is 0 Å². The van der Waals surface area contributed by atoms with Crippen molar-refractivity contribution < 1.29 is 9.59 Å². The van der Waals surface area contributed by atoms with Crippen molar-refractivity contribution in [3.05, 3.63) is 59.2 Å². The van der Waals surface area contributed by atoms with Crippen molar-refractivity contribution in [1.82, 2.24) is 25.1 Å². The molecular formula is C22H29N5O2. The number of amides is 2. The molecule has 1 fully saturated rings. The normalized spacial score (nSPS) is 16.7. The van der Waals surface area contributed by atoms with Crippen LogP contribution in [-0.4, -0.2) is 58.8 Å². The maximum atomic E-state index is 12.6. The van der Waals surface area contributed by atoms with E-state index in [2.05, 4.69) is 15.3 Å². The van der Waals surface area contributed by atoms with Crippen LogP contribution in [-0.2, 0) is 11.3 Å². The molecule has 0 radical (unpaired) electrons. The molecule has 1 saturated heterocycles. The molecular weight excluding hydrogens is 366 g/mol. The lowest BCUT2D eigenvalue weighted by molar-refractivity contribution is -0.135. The van der Waals surface area contributed by atoms with Crippen molar-refractivity contribution in [2.45, 2.75) is 38.8 Å². The van der Waals surface area contributed by atoms with Gasteiger partial charge in [0.1, 0.15) is 0 Å². The maximum absolute atomic E-state index is 12.6. The lowest BCUT2D eigenvalue weighted by atomic mass is 10.0. The van der Waals surface area contributed by atoms with Gasteiger partial charge in [-0.15, -0.1) is 0 Å². The monoisotopic (exact) mass is 395 g/mol. The zero-order chi connectivity index (χ0) is 20.8. The highest BCUT2D eigenvalue weighted by atomic mass is 16.2. The third-order valence-electron chi connectivity index (χ3n) is 5.11. The van der Waals surface area contributed by atoms with E-state index in [1.54, 1.807) is 6.20 Å². The molecule has 3 rings (SSSR count). The highest BCUT2D eigenvalue weighted by Gasteiger charge is 2.30. The Morgan fingerprint density at radius 3 is 2.66 bits per heavy atom. The van der Waals surface area contributed by atoms with Gasteiger partial charge in [0.2, 0.25) is 5.91 Å². The molecule has 1 aliphatic rings. The molecule has 1 aromatic heterocycles. The Balaban J connectivity index is 1.72. The highest BCUT2D eigenvalue weighted by molar-refractivity contribution is 5.94. The standard InChI is InChI=1S/C22H29N5O2/c1-16-18(22(29)24-13-17-9-5-4-6-10-17)14-23-21(25-16)19-11-7-8-12-27(19)20(28)15-26(2)3/h4-6,9-10,14,19H,7-8,11-13,15H2,1-3H3,(H,24,29)/t19-/m1/s1. The van der Waals surface area contributed by atoms with Crippen LogP contribution in [0.3, 0.4) is 0 Å². The molecule has 7 nitrogen and oxygen atoms in total. The number of likely N-dealkylation sites (tertiary alicyclic amines) is 1. The minimum atomic E-state index is -0.193. The molecule has 1 atom stereocenters. The third-order valence-corrected chi connectivity index (χ3v) is 5.11. The Labute approximate surface area is 172 Å². The summed E-state index contributed by atoms with van der Waals surface area (Å²) in [4.78, 5) is 38.0. The lowest BCUT2D eigenvalue weighted by Gasteiger charge is -2.35. The first-order valence-electron chi connectivity index (χ1n) is 10.1. The van der Waals surface area contributed by atoms with E-state index in [4.69, 9.17) is 0 Å². The summed E-state index contributed by atoms with van der Waals surface area (Å²) in [6, 6.07) is 9.64. The summed E-state index contributed by atoms with van der Waals surface area (Å²) in [6.45, 7) is 3.36. The number of aromatic nitrogens is 2. The number of hydrogen-bond donors (Lipinski definition) is 1. The average Bonchev–Trinajstić information content (AvgIpc) is 2.72. The zero-order valence-corrected chi connectivity index (χ0v) is 17.4. The van der Waals surface area contributed by atoms with Crippen LogP contribution in [0.2, 0.25) is 0 Å². The molecule has 0 aliphatic carbocycles. The summed E-state index contributed by atoms with van der Waals surface area (Å²) in [5.74, 6) is 0.515. The first-order valence-corrected chi connectivity index (χ1v) is 10.1. The number of benzene rings is 1. The minimum Gasteiger partial charge on any atom is -0.348 e. The number of carbonyl (C=O) groups excluding carboxylic acids is 2. The van der Waals surface area contributed by atoms with Crippen LogP contribution < -0.4 is 5.32 Å². The number of nitrogens with one attached hydrogen (secondary N) is 1. The topological polar surface area (TPSA) is 78.4 Å². The Morgan fingerprint density at radius 1 is 1.21 bits per heavy atom. The predicted octanol–water partition coefficient (Wildman–Crippen LogP) is 2.33. The van der Waals surface area contributed by atoms with Gasteiger partial charge < -0.3 is 15.1 Å². The molecule has 1 N–H and O–H groups in total. The second-order valence-corrected chi connectivity index (χ2v) is 7.73. The number of likely N-dealkylation sites (N-methyl/N-ethyl adjacent to an activating group) is 1. The van der Waals surface area contributed by atoms with Crippen LogP contribution in [0.15, 0.2) is 36.5 Å². The summed E-state index contributed by atoms with van der Waals surface area (Å²) in [7, 11) is 3.78. The van der Waals surface area contributed by atoms with E-state index in [0.29, 0.717) is 30.2 Å². The van der Waals surface area contributed by atoms with Crippen molar-refractivity contribution in [1.29, 1.82) is 0 Å². The molecule has 2 aromatic rings. The molecule has 7 heteroatoms. The van der Waals surface area contributed by atoms with E-state index >= 15 is 0 Å². The molecule has 0 unspecified atom stereocenters. The quantitative estimate of drug-likeness (QED) is 0.812. The van der Waals surface area contributed by atoms with Crippen LogP contribution in [0.4, 0.5) is 0 Å². The summed E-state index contributed by atoms with van der Waals surface area (Å²) < 4.78 is 0. The second kappa shape index (κ2) is 9.60. The van der Waals surface area contributed by atoms with Gasteiger partial charge in [0, 0.05) is 19.3 Å². The molecule has 154 valence electrons. The van der Waals surface area contributed by atoms with Gasteiger partial charge in [0.15, 0.2) is 5.82 Å². The van der Waals surface area contributed by atoms with Crippen LogP contribution in [0, 0.1) is 6.92 Å². The highest BCUT2D eigenvalue weighted by Crippen LogP contribution is 2.29. The Kier molecular flexibility index (Phi) is 6.93. The van der Waals surface area contributed by atoms with Gasteiger partial charge in [0.25, 0.3) is 5.91 Å². The van der Waals surface area contributed by atoms with Crippen LogP contribution in [0.1, 0.15) is 52.7 Å². The number of piperidine rings is 1. The molecule has 1 aliphatic heterocycles. The van der Waals surface area contributed by atoms with Gasteiger partial charge in [0.05, 0.1) is 23.8 Å². The van der Waals surface area contributed by atoms with Gasteiger partial charge in [-0.1, -0.05) is 30.3 Å². The third kappa shape index (κ3) is 5.38. The van der Waals surface area contributed by atoms with Crippen molar-refractivity contribution in [3.8, 4) is 0 Å². The van der Waals surface area contributed by atoms with Gasteiger partial charge in [-0.2, -0.15) is 0 Å². The molecule has 29 heavy (non-hydrogen) atoms. The molecule has 0 bridgehead atoms. The number of nitrogens with zero attached hydrogens (tertiary/aromatic N) is 4. The summed E-state index contributed by atoms with van der Waals surface area (Å²) in [5, 5.41) is 2.91. The first kappa shape index (κ1) is 20.9. The fourth-order valence-corrected chi connectivity index (χ4v) is 3.60. The number of rotatable bonds is 6. The fraction of sp³-hybridized carbons (Fsp3) is 0.455. The predicted molar refractivity (Wildman–Crippen MR) is 111 cm³/mol. The van der Waals surface area contributed by atoms with E-state index in [-0.39, 0.29) is 17.9 Å². The maximum Gasteiger partial charge on any atom is 0.254 e. The Bertz CT molecular complexity index is 854. The van der Waals surface area contributed by atoms with Crippen LogP contribution >= 0.6 is 0 Å². The van der Waals surface area contributed by atoms with Gasteiger partial charge in [-0.3, -0.25) is 9.59 Å². The molecule has 0 saturated carbocycles. The van der Waals surface area contributed by atoms with E-state index in [1.807, 2.05) is 61.2 Å². The minimum absolute atomic E-state index is 0.0885. The number of hydrogen-bond acceptors (Lipinski definition) is 5. The van der Waals surface area contributed by atoms with Gasteiger partial charge in [-0.05, 0) is 45.8 Å². The number of aryl methyl sites for hydroxylation is 1. The van der Waals surface area contributed by atoms with Crippen molar-refractivity contribution in [2.75, 3.05) is 27.2 Å². The number of carbonyl (C=O) groups is 2. The van der Waals surface area contributed by atoms with E-state index in [0.717, 1.165) is 31.4 Å². The SMILES string of the molecule is Cc1nc([C@H]2CCCCN2C(=O)CN(C)C)ncc1C(=O)NCc1ccccc1. The second-order valence-electron chi connectivity index (χ2n) is 7.73. The Hall–Kier alpha value is -2.80. The van der Waals surface area contributed by atoms with Crippen molar-refractivity contribution in [2.24, 2.45) is 0 Å². The molecule has 2 heterocycles. The van der Waals surface area contributed by atoms with E-state index in [9.17, 15) is 9.59 Å². The van der Waals surface area contributed by atoms with E-state index < -0.39 is 0 Å². The summed E-state index contributed by atoms with van der Waals surface area (Å²) in [6.07, 6.45) is 4.46. The summed E-state index contributed by atoms with van der Waals surface area (Å²) in [5.41, 5.74) is 2.13. The Morgan fingerprint density at radius 2 is 1.97 bits per heavy atom. The van der Waals surface area contributed by atoms with Crippen molar-refractivity contribution in [3.63, 3.8) is 0 Å². The van der Waals surface area contributed by atoms with E-state index in [1.165, 1.54) is 0 Å². The van der Waals surface area contributed by atoms with Crippen molar-refractivity contribution >= 4 is 11.8 Å². The van der Waals surface area contributed by atoms with Gasteiger partial charge in [-0.25, -0.2) is 9.97 Å². The summed E-state index contributed by atoms with van der Waals surface area (Å²) >= 11 is 0. The lowest BCUT2D eigenvalue weighted by Crippen LogP contribution is -2.43.